The van der Waals surface area contributed by atoms with Crippen LogP contribution in [0.25, 0.3) is 0 Å². The lowest BCUT2D eigenvalue weighted by Crippen LogP contribution is -2.27. The second-order valence-electron chi connectivity index (χ2n) is 6.55. The molecule has 0 aliphatic rings. The second kappa shape index (κ2) is 9.19. The molecule has 1 rings (SSSR count). The lowest BCUT2D eigenvalue weighted by atomic mass is 9.95. The van der Waals surface area contributed by atoms with E-state index < -0.39 is 0 Å². The van der Waals surface area contributed by atoms with Crippen LogP contribution in [-0.4, -0.2) is 39.0 Å². The first-order chi connectivity index (χ1) is 9.92. The number of nitrogens with one attached hydrogen (secondary N) is 1. The molecule has 0 saturated carbocycles. The molecule has 3 nitrogen and oxygen atoms in total. The summed E-state index contributed by atoms with van der Waals surface area (Å²) in [6.07, 6.45) is 1.03. The highest BCUT2D eigenvalue weighted by molar-refractivity contribution is 5.24. The Morgan fingerprint density at radius 3 is 2.33 bits per heavy atom. The van der Waals surface area contributed by atoms with E-state index in [2.05, 4.69) is 57.3 Å². The Hall–Kier alpha value is -0.900. The van der Waals surface area contributed by atoms with Crippen LogP contribution in [0, 0.1) is 6.92 Å². The van der Waals surface area contributed by atoms with Crippen molar-refractivity contribution < 1.29 is 9.47 Å². The van der Waals surface area contributed by atoms with E-state index >= 15 is 0 Å². The molecule has 0 heterocycles. The van der Waals surface area contributed by atoms with Crippen LogP contribution >= 0.6 is 0 Å². The summed E-state index contributed by atoms with van der Waals surface area (Å²) >= 11 is 0. The fraction of sp³-hybridized carbons (Fsp3) is 0.667. The SMILES string of the molecule is COCCNCC(CCOC(C)(C)C)c1ccc(C)cc1. The maximum Gasteiger partial charge on any atom is 0.0598 e. The summed E-state index contributed by atoms with van der Waals surface area (Å²) in [7, 11) is 1.73. The van der Waals surface area contributed by atoms with Gasteiger partial charge in [0.1, 0.15) is 0 Å². The minimum absolute atomic E-state index is 0.0681. The van der Waals surface area contributed by atoms with Gasteiger partial charge in [0.25, 0.3) is 0 Å². The molecule has 1 unspecified atom stereocenters. The Morgan fingerprint density at radius 2 is 1.76 bits per heavy atom. The summed E-state index contributed by atoms with van der Waals surface area (Å²) in [5, 5.41) is 3.47. The summed E-state index contributed by atoms with van der Waals surface area (Å²) in [6, 6.07) is 8.83. The molecule has 0 aromatic heterocycles. The monoisotopic (exact) mass is 293 g/mol. The Labute approximate surface area is 130 Å². The summed E-state index contributed by atoms with van der Waals surface area (Å²) < 4.78 is 11.0. The van der Waals surface area contributed by atoms with Crippen molar-refractivity contribution in [3.8, 4) is 0 Å². The predicted octanol–water partition coefficient (Wildman–Crippen LogP) is 3.52. The molecule has 0 aliphatic heterocycles. The van der Waals surface area contributed by atoms with Gasteiger partial charge in [-0.2, -0.15) is 0 Å². The fourth-order valence-electron chi connectivity index (χ4n) is 2.18. The molecule has 0 amide bonds. The van der Waals surface area contributed by atoms with Crippen LogP contribution in [0.2, 0.25) is 0 Å². The molecule has 3 heteroatoms. The summed E-state index contributed by atoms with van der Waals surface area (Å²) in [5.41, 5.74) is 2.61. The number of aryl methyl sites for hydroxylation is 1. The van der Waals surface area contributed by atoms with Crippen molar-refractivity contribution in [2.45, 2.75) is 45.6 Å². The van der Waals surface area contributed by atoms with Gasteiger partial charge in [-0.15, -0.1) is 0 Å². The average molecular weight is 293 g/mol. The van der Waals surface area contributed by atoms with Crippen LogP contribution in [0.3, 0.4) is 0 Å². The van der Waals surface area contributed by atoms with Crippen molar-refractivity contribution in [1.29, 1.82) is 0 Å². The molecule has 1 atom stereocenters. The summed E-state index contributed by atoms with van der Waals surface area (Å²) in [5.74, 6) is 0.477. The fourth-order valence-corrected chi connectivity index (χ4v) is 2.18. The van der Waals surface area contributed by atoms with Crippen LogP contribution < -0.4 is 5.32 Å². The van der Waals surface area contributed by atoms with Crippen molar-refractivity contribution in [1.82, 2.24) is 5.32 Å². The van der Waals surface area contributed by atoms with E-state index in [1.807, 2.05) is 0 Å². The largest absolute Gasteiger partial charge is 0.383 e. The molecule has 0 fully saturated rings. The van der Waals surface area contributed by atoms with Gasteiger partial charge in [0.05, 0.1) is 12.2 Å². The first-order valence-corrected chi connectivity index (χ1v) is 7.82. The smallest absolute Gasteiger partial charge is 0.0598 e. The number of methoxy groups -OCH3 is 1. The van der Waals surface area contributed by atoms with Crippen molar-refractivity contribution in [3.05, 3.63) is 35.4 Å². The molecule has 21 heavy (non-hydrogen) atoms. The maximum atomic E-state index is 5.88. The number of hydrogen-bond donors (Lipinski definition) is 1. The van der Waals surface area contributed by atoms with Gasteiger partial charge in [-0.3, -0.25) is 0 Å². The first kappa shape index (κ1) is 18.1. The number of benzene rings is 1. The van der Waals surface area contributed by atoms with Crippen molar-refractivity contribution in [3.63, 3.8) is 0 Å². The number of ether oxygens (including phenoxy) is 2. The highest BCUT2D eigenvalue weighted by Gasteiger charge is 2.14. The Balaban J connectivity index is 2.54. The zero-order valence-electron chi connectivity index (χ0n) is 14.2. The Morgan fingerprint density at radius 1 is 1.10 bits per heavy atom. The van der Waals surface area contributed by atoms with Crippen molar-refractivity contribution >= 4 is 0 Å². The van der Waals surface area contributed by atoms with E-state index in [1.165, 1.54) is 11.1 Å². The molecular formula is C18H31NO2. The average Bonchev–Trinajstić information content (AvgIpc) is 2.41. The van der Waals surface area contributed by atoms with E-state index in [0.29, 0.717) is 5.92 Å². The van der Waals surface area contributed by atoms with Crippen molar-refractivity contribution in [2.75, 3.05) is 33.4 Å². The predicted molar refractivity (Wildman–Crippen MR) is 89.0 cm³/mol. The van der Waals surface area contributed by atoms with Gasteiger partial charge in [0.15, 0.2) is 0 Å². The molecule has 0 bridgehead atoms. The third-order valence-corrected chi connectivity index (χ3v) is 3.42. The van der Waals surface area contributed by atoms with Crippen molar-refractivity contribution in [2.24, 2.45) is 0 Å². The van der Waals surface area contributed by atoms with E-state index in [9.17, 15) is 0 Å². The van der Waals surface area contributed by atoms with Crippen LogP contribution in [0.4, 0.5) is 0 Å². The van der Waals surface area contributed by atoms with Crippen LogP contribution in [0.1, 0.15) is 44.2 Å². The minimum atomic E-state index is -0.0681. The third kappa shape index (κ3) is 8.20. The van der Waals surface area contributed by atoms with E-state index in [-0.39, 0.29) is 5.60 Å². The minimum Gasteiger partial charge on any atom is -0.383 e. The Kier molecular flexibility index (Phi) is 7.94. The van der Waals surface area contributed by atoms with Crippen LogP contribution in [0.15, 0.2) is 24.3 Å². The third-order valence-electron chi connectivity index (χ3n) is 3.42. The molecular weight excluding hydrogens is 262 g/mol. The molecule has 1 aromatic rings. The van der Waals surface area contributed by atoms with E-state index in [0.717, 1.165) is 32.7 Å². The number of rotatable bonds is 9. The van der Waals surface area contributed by atoms with Crippen LogP contribution in [-0.2, 0) is 9.47 Å². The van der Waals surface area contributed by atoms with Gasteiger partial charge < -0.3 is 14.8 Å². The normalized spacial score (nSPS) is 13.4. The van der Waals surface area contributed by atoms with Gasteiger partial charge in [-0.25, -0.2) is 0 Å². The number of hydrogen-bond acceptors (Lipinski definition) is 3. The quantitative estimate of drug-likeness (QED) is 0.707. The zero-order valence-corrected chi connectivity index (χ0v) is 14.2. The lowest BCUT2D eigenvalue weighted by Gasteiger charge is -2.23. The van der Waals surface area contributed by atoms with Gasteiger partial charge in [-0.05, 0) is 45.6 Å². The van der Waals surface area contributed by atoms with E-state index in [1.54, 1.807) is 7.11 Å². The van der Waals surface area contributed by atoms with Gasteiger partial charge in [-0.1, -0.05) is 29.8 Å². The topological polar surface area (TPSA) is 30.5 Å². The van der Waals surface area contributed by atoms with Crippen LogP contribution in [0.5, 0.6) is 0 Å². The molecule has 0 saturated heterocycles. The summed E-state index contributed by atoms with van der Waals surface area (Å²) in [4.78, 5) is 0. The lowest BCUT2D eigenvalue weighted by molar-refractivity contribution is -0.00625. The molecule has 1 aromatic carbocycles. The van der Waals surface area contributed by atoms with E-state index in [4.69, 9.17) is 9.47 Å². The molecule has 0 radical (unpaired) electrons. The molecule has 120 valence electrons. The zero-order chi connectivity index (χ0) is 15.7. The Bertz CT molecular complexity index is 381. The second-order valence-corrected chi connectivity index (χ2v) is 6.55. The van der Waals surface area contributed by atoms with Gasteiger partial charge >= 0.3 is 0 Å². The first-order valence-electron chi connectivity index (χ1n) is 7.82. The standard InChI is InChI=1S/C18H31NO2/c1-15-6-8-16(9-7-15)17(14-19-11-13-20-5)10-12-21-18(2,3)4/h6-9,17,19H,10-14H2,1-5H3. The van der Waals surface area contributed by atoms with Gasteiger partial charge in [0, 0.05) is 26.8 Å². The maximum absolute atomic E-state index is 5.88. The molecule has 0 spiro atoms. The molecule has 0 aliphatic carbocycles. The summed E-state index contributed by atoms with van der Waals surface area (Å²) in [6.45, 7) is 11.8. The highest BCUT2D eigenvalue weighted by atomic mass is 16.5. The highest BCUT2D eigenvalue weighted by Crippen LogP contribution is 2.21. The molecule has 1 N–H and O–H groups in total. The van der Waals surface area contributed by atoms with Gasteiger partial charge in [0.2, 0.25) is 0 Å².